The van der Waals surface area contributed by atoms with Gasteiger partial charge in [-0.1, -0.05) is 13.8 Å². The Bertz CT molecular complexity index is 719. The van der Waals surface area contributed by atoms with Gasteiger partial charge in [0, 0.05) is 6.04 Å². The van der Waals surface area contributed by atoms with Crippen LogP contribution in [-0.2, 0) is 5.54 Å². The first-order chi connectivity index (χ1) is 9.18. The molecule has 0 amide bonds. The van der Waals surface area contributed by atoms with Crippen molar-refractivity contribution in [2.24, 2.45) is 5.41 Å². The number of aromatic amines is 1. The molecule has 0 aromatic carbocycles. The van der Waals surface area contributed by atoms with E-state index in [0.717, 1.165) is 6.42 Å². The summed E-state index contributed by atoms with van der Waals surface area (Å²) in [4.78, 5) is 19.4. The van der Waals surface area contributed by atoms with Crippen LogP contribution in [0, 0.1) is 5.41 Å². The molecule has 3 rings (SSSR count). The normalized spacial score (nSPS) is 21.1. The zero-order valence-corrected chi connectivity index (χ0v) is 12.6. The lowest BCUT2D eigenvalue weighted by Gasteiger charge is -2.19. The number of anilines is 1. The van der Waals surface area contributed by atoms with Gasteiger partial charge >= 0.3 is 0 Å². The Morgan fingerprint density at radius 2 is 2.10 bits per heavy atom. The molecule has 2 heterocycles. The summed E-state index contributed by atoms with van der Waals surface area (Å²) in [7, 11) is 0. The summed E-state index contributed by atoms with van der Waals surface area (Å²) in [5.74, 6) is 0.532. The third-order valence-corrected chi connectivity index (χ3v) is 3.90. The lowest BCUT2D eigenvalue weighted by molar-refractivity contribution is 0.366. The summed E-state index contributed by atoms with van der Waals surface area (Å²) in [6.45, 7) is 10.5. The highest BCUT2D eigenvalue weighted by Crippen LogP contribution is 2.46. The fraction of sp³-hybridized carbons (Fsp3) is 0.643. The third kappa shape index (κ3) is 2.09. The van der Waals surface area contributed by atoms with E-state index in [2.05, 4.69) is 34.2 Å². The quantitative estimate of drug-likeness (QED) is 0.880. The van der Waals surface area contributed by atoms with Crippen molar-refractivity contribution >= 4 is 17.0 Å². The van der Waals surface area contributed by atoms with E-state index >= 15 is 0 Å². The highest BCUT2D eigenvalue weighted by molar-refractivity contribution is 5.74. The average molecular weight is 275 g/mol. The number of nitrogens with one attached hydrogen (secondary N) is 2. The van der Waals surface area contributed by atoms with Crippen LogP contribution >= 0.6 is 0 Å². The standard InChI is InChI=1S/C14H21N5O/c1-13(2,3)19-10-8(7-15-19)11(20)18-12(17-10)16-9-6-14(9,4)5/h7,9H,6H2,1-5H3,(H2,16,17,18,20)/t9-/m0/s1. The lowest BCUT2D eigenvalue weighted by Crippen LogP contribution is -2.24. The zero-order valence-electron chi connectivity index (χ0n) is 12.6. The predicted octanol–water partition coefficient (Wildman–Crippen LogP) is 2.08. The van der Waals surface area contributed by atoms with Crippen molar-refractivity contribution < 1.29 is 0 Å². The summed E-state index contributed by atoms with van der Waals surface area (Å²) in [5.41, 5.74) is 0.546. The maximum Gasteiger partial charge on any atom is 0.263 e. The Balaban J connectivity index is 2.05. The first-order valence-electron chi connectivity index (χ1n) is 6.93. The van der Waals surface area contributed by atoms with E-state index in [1.54, 1.807) is 10.9 Å². The number of hydrogen-bond donors (Lipinski definition) is 2. The topological polar surface area (TPSA) is 75.6 Å². The van der Waals surface area contributed by atoms with Gasteiger partial charge < -0.3 is 5.32 Å². The Labute approximate surface area is 117 Å². The van der Waals surface area contributed by atoms with Crippen LogP contribution in [0.15, 0.2) is 11.0 Å². The van der Waals surface area contributed by atoms with Gasteiger partial charge in [0.15, 0.2) is 5.65 Å². The van der Waals surface area contributed by atoms with Crippen molar-refractivity contribution in [2.45, 2.75) is 52.6 Å². The first kappa shape index (κ1) is 13.1. The lowest BCUT2D eigenvalue weighted by atomic mass is 10.1. The first-order valence-corrected chi connectivity index (χ1v) is 6.93. The van der Waals surface area contributed by atoms with Crippen LogP contribution in [0.2, 0.25) is 0 Å². The molecule has 1 aliphatic rings. The Hall–Kier alpha value is -1.85. The van der Waals surface area contributed by atoms with Crippen molar-refractivity contribution in [1.29, 1.82) is 0 Å². The summed E-state index contributed by atoms with van der Waals surface area (Å²) in [6.07, 6.45) is 2.67. The molecule has 2 aromatic heterocycles. The molecule has 0 bridgehead atoms. The fourth-order valence-electron chi connectivity index (χ4n) is 2.36. The Kier molecular flexibility index (Phi) is 2.52. The number of aromatic nitrogens is 4. The van der Waals surface area contributed by atoms with Crippen LogP contribution < -0.4 is 10.9 Å². The van der Waals surface area contributed by atoms with Crippen molar-refractivity contribution in [2.75, 3.05) is 5.32 Å². The predicted molar refractivity (Wildman–Crippen MR) is 79.0 cm³/mol. The molecule has 6 heteroatoms. The number of H-pyrrole nitrogens is 1. The van der Waals surface area contributed by atoms with E-state index < -0.39 is 0 Å². The fourth-order valence-corrected chi connectivity index (χ4v) is 2.36. The molecule has 2 aromatic rings. The Morgan fingerprint density at radius 3 is 2.65 bits per heavy atom. The van der Waals surface area contributed by atoms with Crippen LogP contribution in [0.3, 0.4) is 0 Å². The van der Waals surface area contributed by atoms with Crippen LogP contribution in [0.4, 0.5) is 5.95 Å². The minimum Gasteiger partial charge on any atom is -0.352 e. The SMILES string of the molecule is CC1(C)C[C@@H]1Nc1nc2c(cnn2C(C)(C)C)c(=O)[nH]1. The van der Waals surface area contributed by atoms with Crippen LogP contribution in [0.1, 0.15) is 41.0 Å². The van der Waals surface area contributed by atoms with Crippen molar-refractivity contribution in [3.8, 4) is 0 Å². The van der Waals surface area contributed by atoms with Gasteiger partial charge in [-0.3, -0.25) is 9.78 Å². The molecular formula is C14H21N5O. The second-order valence-electron chi connectivity index (χ2n) is 7.27. The minimum absolute atomic E-state index is 0.147. The molecule has 2 N–H and O–H groups in total. The van der Waals surface area contributed by atoms with Crippen LogP contribution in [-0.4, -0.2) is 25.8 Å². The molecular weight excluding hydrogens is 254 g/mol. The molecule has 1 atom stereocenters. The summed E-state index contributed by atoms with van der Waals surface area (Å²) < 4.78 is 1.79. The van der Waals surface area contributed by atoms with E-state index in [1.807, 2.05) is 20.8 Å². The summed E-state index contributed by atoms with van der Waals surface area (Å²) in [6, 6.07) is 0.370. The van der Waals surface area contributed by atoms with E-state index in [4.69, 9.17) is 0 Å². The van der Waals surface area contributed by atoms with Crippen LogP contribution in [0.25, 0.3) is 11.0 Å². The highest BCUT2D eigenvalue weighted by atomic mass is 16.1. The molecule has 0 spiro atoms. The molecule has 20 heavy (non-hydrogen) atoms. The van der Waals surface area contributed by atoms with Gasteiger partial charge in [0.2, 0.25) is 5.95 Å². The van der Waals surface area contributed by atoms with Crippen molar-refractivity contribution in [3.05, 3.63) is 16.6 Å². The second kappa shape index (κ2) is 3.84. The molecule has 0 saturated heterocycles. The largest absolute Gasteiger partial charge is 0.352 e. The van der Waals surface area contributed by atoms with Crippen molar-refractivity contribution in [1.82, 2.24) is 19.7 Å². The minimum atomic E-state index is -0.210. The monoisotopic (exact) mass is 275 g/mol. The molecule has 0 aliphatic heterocycles. The number of hydrogen-bond acceptors (Lipinski definition) is 4. The maximum absolute atomic E-state index is 12.1. The molecule has 1 fully saturated rings. The van der Waals surface area contributed by atoms with Gasteiger partial charge in [-0.25, -0.2) is 4.68 Å². The van der Waals surface area contributed by atoms with Gasteiger partial charge in [0.05, 0.1) is 11.7 Å². The summed E-state index contributed by atoms with van der Waals surface area (Å²) >= 11 is 0. The molecule has 6 nitrogen and oxygen atoms in total. The smallest absolute Gasteiger partial charge is 0.263 e. The average Bonchev–Trinajstić information content (AvgIpc) is 2.73. The van der Waals surface area contributed by atoms with E-state index in [1.165, 1.54) is 0 Å². The Morgan fingerprint density at radius 1 is 1.45 bits per heavy atom. The molecule has 108 valence electrons. The highest BCUT2D eigenvalue weighted by Gasteiger charge is 2.46. The third-order valence-electron chi connectivity index (χ3n) is 3.90. The number of nitrogens with zero attached hydrogens (tertiary/aromatic N) is 3. The number of fused-ring (bicyclic) bond motifs is 1. The zero-order chi connectivity index (χ0) is 14.7. The van der Waals surface area contributed by atoms with Gasteiger partial charge in [-0.15, -0.1) is 0 Å². The second-order valence-corrected chi connectivity index (χ2v) is 7.27. The van der Waals surface area contributed by atoms with E-state index in [9.17, 15) is 4.79 Å². The van der Waals surface area contributed by atoms with Crippen LogP contribution in [0.5, 0.6) is 0 Å². The van der Waals surface area contributed by atoms with Gasteiger partial charge in [-0.05, 0) is 32.6 Å². The van der Waals surface area contributed by atoms with E-state index in [-0.39, 0.29) is 16.5 Å². The molecule has 0 unspecified atom stereocenters. The number of rotatable bonds is 2. The molecule has 0 radical (unpaired) electrons. The summed E-state index contributed by atoms with van der Waals surface area (Å²) in [5, 5.41) is 8.13. The molecule has 1 saturated carbocycles. The van der Waals surface area contributed by atoms with Gasteiger partial charge in [0.1, 0.15) is 5.39 Å². The van der Waals surface area contributed by atoms with Crippen molar-refractivity contribution in [3.63, 3.8) is 0 Å². The van der Waals surface area contributed by atoms with E-state index in [0.29, 0.717) is 23.0 Å². The van der Waals surface area contributed by atoms with Gasteiger partial charge in [0.25, 0.3) is 5.56 Å². The van der Waals surface area contributed by atoms with Gasteiger partial charge in [-0.2, -0.15) is 10.1 Å². The maximum atomic E-state index is 12.1. The molecule has 1 aliphatic carbocycles.